The van der Waals surface area contributed by atoms with Crippen LogP contribution in [0.2, 0.25) is 0 Å². The van der Waals surface area contributed by atoms with Crippen molar-refractivity contribution in [1.82, 2.24) is 4.90 Å². The van der Waals surface area contributed by atoms with Gasteiger partial charge < -0.3 is 28.6 Å². The molecule has 0 aliphatic rings. The van der Waals surface area contributed by atoms with Crippen molar-refractivity contribution in [2.75, 3.05) is 46.1 Å². The highest BCUT2D eigenvalue weighted by molar-refractivity contribution is 5.72. The average Bonchev–Trinajstić information content (AvgIpc) is 3.26. The minimum atomic E-state index is -0.401. The lowest BCUT2D eigenvalue weighted by atomic mass is 10.0. The van der Waals surface area contributed by atoms with E-state index in [4.69, 9.17) is 23.7 Å². The third-order valence-corrected chi connectivity index (χ3v) is 11.4. The molecule has 62 heavy (non-hydrogen) atoms. The standard InChI is InChI=1S/C53H97NO8/c1-7-12-15-18-21-22-23-24-25-26-27-28-29-32-35-40-51(55)60-46-49(45-59-48(6)58-44-37-43-54(10-4)11-5)47-61-52(56)41-36-42-53(57)62-50(38-33-30-19-16-13-8-2)39-34-31-20-17-14-9-3/h21-22,24-25,49-50H,6-20,23,26-47H2,1-5H3/b22-21-,25-24-. The number of esters is 3. The Morgan fingerprint density at radius 2 is 0.935 bits per heavy atom. The van der Waals surface area contributed by atoms with Gasteiger partial charge in [-0.25, -0.2) is 0 Å². The smallest absolute Gasteiger partial charge is 0.306 e. The summed E-state index contributed by atoms with van der Waals surface area (Å²) in [6.07, 6.45) is 39.6. The Balaban J connectivity index is 4.78. The van der Waals surface area contributed by atoms with Gasteiger partial charge in [0, 0.05) is 25.8 Å². The first kappa shape index (κ1) is 59.2. The number of nitrogens with zero attached hydrogens (tertiary/aromatic N) is 1. The van der Waals surface area contributed by atoms with Crippen LogP contribution in [-0.4, -0.2) is 75.0 Å². The molecule has 0 saturated heterocycles. The molecule has 0 amide bonds. The van der Waals surface area contributed by atoms with Crippen molar-refractivity contribution in [2.45, 2.75) is 233 Å². The normalized spacial score (nSPS) is 12.1. The van der Waals surface area contributed by atoms with Gasteiger partial charge in [-0.05, 0) is 96.7 Å². The van der Waals surface area contributed by atoms with Crippen LogP contribution < -0.4 is 0 Å². The second-order valence-electron chi connectivity index (χ2n) is 17.2. The number of hydrogen-bond donors (Lipinski definition) is 0. The molecule has 0 N–H and O–H groups in total. The largest absolute Gasteiger partial charge is 0.466 e. The third kappa shape index (κ3) is 41.2. The first-order valence-corrected chi connectivity index (χ1v) is 25.8. The second-order valence-corrected chi connectivity index (χ2v) is 17.2. The Morgan fingerprint density at radius 1 is 0.484 bits per heavy atom. The van der Waals surface area contributed by atoms with Crippen molar-refractivity contribution >= 4 is 17.9 Å². The van der Waals surface area contributed by atoms with Gasteiger partial charge in [0.15, 0.2) is 0 Å². The van der Waals surface area contributed by atoms with Crippen LogP contribution in [0.25, 0.3) is 0 Å². The van der Waals surface area contributed by atoms with Gasteiger partial charge in [0.25, 0.3) is 5.95 Å². The lowest BCUT2D eigenvalue weighted by molar-refractivity contribution is -0.151. The maximum absolute atomic E-state index is 12.9. The highest BCUT2D eigenvalue weighted by Gasteiger charge is 2.19. The van der Waals surface area contributed by atoms with Crippen molar-refractivity contribution in [3.8, 4) is 0 Å². The summed E-state index contributed by atoms with van der Waals surface area (Å²) in [4.78, 5) is 40.7. The molecule has 0 rings (SSSR count). The molecule has 1 atom stereocenters. The SMILES string of the molecule is C=C(OCCCN(CC)CC)OCC(COC(=O)CCCCCCC/C=C\C/C=C\CCCCC)COC(=O)CCCC(=O)OC(CCCCCCCC)CCCCCCCC. The molecule has 0 aromatic rings. The lowest BCUT2D eigenvalue weighted by Gasteiger charge is -2.20. The van der Waals surface area contributed by atoms with Gasteiger partial charge in [0.1, 0.15) is 25.9 Å². The molecular weight excluding hydrogens is 779 g/mol. The molecule has 9 heteroatoms. The van der Waals surface area contributed by atoms with E-state index in [1.807, 2.05) is 0 Å². The third-order valence-electron chi connectivity index (χ3n) is 11.4. The number of ether oxygens (including phenoxy) is 5. The molecule has 0 radical (unpaired) electrons. The molecule has 1 unspecified atom stereocenters. The minimum Gasteiger partial charge on any atom is -0.466 e. The van der Waals surface area contributed by atoms with Gasteiger partial charge in [-0.2, -0.15) is 0 Å². The summed E-state index contributed by atoms with van der Waals surface area (Å²) in [5.41, 5.74) is 0. The van der Waals surface area contributed by atoms with Crippen molar-refractivity contribution in [3.63, 3.8) is 0 Å². The summed E-state index contributed by atoms with van der Waals surface area (Å²) >= 11 is 0. The van der Waals surface area contributed by atoms with E-state index >= 15 is 0 Å². The fraction of sp³-hybridized carbons (Fsp3) is 0.830. The molecule has 0 bridgehead atoms. The fourth-order valence-corrected chi connectivity index (χ4v) is 7.25. The van der Waals surface area contributed by atoms with Crippen LogP contribution in [-0.2, 0) is 38.1 Å². The van der Waals surface area contributed by atoms with E-state index in [1.165, 1.54) is 89.9 Å². The molecule has 362 valence electrons. The summed E-state index contributed by atoms with van der Waals surface area (Å²) in [7, 11) is 0. The van der Waals surface area contributed by atoms with Crippen LogP contribution >= 0.6 is 0 Å². The predicted molar refractivity (Wildman–Crippen MR) is 258 cm³/mol. The number of allylic oxidation sites excluding steroid dienone is 4. The van der Waals surface area contributed by atoms with E-state index in [0.29, 0.717) is 19.4 Å². The predicted octanol–water partition coefficient (Wildman–Crippen LogP) is 14.3. The van der Waals surface area contributed by atoms with Crippen molar-refractivity contribution < 1.29 is 38.1 Å². The molecule has 0 heterocycles. The zero-order valence-corrected chi connectivity index (χ0v) is 41.0. The molecule has 0 aromatic carbocycles. The van der Waals surface area contributed by atoms with Gasteiger partial charge in [-0.3, -0.25) is 14.4 Å². The summed E-state index contributed by atoms with van der Waals surface area (Å²) in [6, 6.07) is 0. The molecule has 0 saturated carbocycles. The number of hydrogen-bond acceptors (Lipinski definition) is 9. The summed E-state index contributed by atoms with van der Waals surface area (Å²) in [5.74, 6) is -1.09. The van der Waals surface area contributed by atoms with Crippen LogP contribution in [0.5, 0.6) is 0 Å². The first-order valence-electron chi connectivity index (χ1n) is 25.8. The number of unbranched alkanes of at least 4 members (excludes halogenated alkanes) is 18. The van der Waals surface area contributed by atoms with E-state index < -0.39 is 11.9 Å². The van der Waals surface area contributed by atoms with Gasteiger partial charge >= 0.3 is 17.9 Å². The number of carbonyl (C=O) groups excluding carboxylic acids is 3. The summed E-state index contributed by atoms with van der Waals surface area (Å²) in [6.45, 7) is 18.5. The van der Waals surface area contributed by atoms with E-state index in [0.717, 1.165) is 96.7 Å². The minimum absolute atomic E-state index is 0.0219. The van der Waals surface area contributed by atoms with E-state index in [1.54, 1.807) is 0 Å². The quantitative estimate of drug-likeness (QED) is 0.0194. The number of carbonyl (C=O) groups is 3. The van der Waals surface area contributed by atoms with E-state index in [2.05, 4.69) is 70.4 Å². The molecule has 0 aliphatic carbocycles. The molecule has 9 nitrogen and oxygen atoms in total. The Labute approximate surface area is 381 Å². The fourth-order valence-electron chi connectivity index (χ4n) is 7.25. The zero-order chi connectivity index (χ0) is 45.6. The Morgan fingerprint density at radius 3 is 1.50 bits per heavy atom. The van der Waals surface area contributed by atoms with Crippen LogP contribution in [0.1, 0.15) is 227 Å². The Bertz CT molecular complexity index is 1090. The van der Waals surface area contributed by atoms with Gasteiger partial charge in [0.05, 0.1) is 12.5 Å². The maximum atomic E-state index is 12.9. The second kappa shape index (κ2) is 46.2. The molecule has 0 aliphatic heterocycles. The molecule has 0 spiro atoms. The van der Waals surface area contributed by atoms with Crippen LogP contribution in [0.4, 0.5) is 0 Å². The van der Waals surface area contributed by atoms with E-state index in [9.17, 15) is 14.4 Å². The average molecular weight is 876 g/mol. The summed E-state index contributed by atoms with van der Waals surface area (Å²) < 4.78 is 28.7. The van der Waals surface area contributed by atoms with Gasteiger partial charge in [-0.1, -0.05) is 155 Å². The van der Waals surface area contributed by atoms with Crippen molar-refractivity contribution in [3.05, 3.63) is 36.8 Å². The van der Waals surface area contributed by atoms with Crippen LogP contribution in [0, 0.1) is 5.92 Å². The van der Waals surface area contributed by atoms with Crippen LogP contribution in [0.3, 0.4) is 0 Å². The topological polar surface area (TPSA) is 101 Å². The Kier molecular flexibility index (Phi) is 44.1. The maximum Gasteiger partial charge on any atom is 0.306 e. The summed E-state index contributed by atoms with van der Waals surface area (Å²) in [5, 5.41) is 0. The molecule has 0 fully saturated rings. The first-order chi connectivity index (χ1) is 30.3. The van der Waals surface area contributed by atoms with Gasteiger partial charge in [0.2, 0.25) is 0 Å². The van der Waals surface area contributed by atoms with Crippen molar-refractivity contribution in [2.24, 2.45) is 5.92 Å². The van der Waals surface area contributed by atoms with Gasteiger partial charge in [-0.15, -0.1) is 0 Å². The van der Waals surface area contributed by atoms with Crippen LogP contribution in [0.15, 0.2) is 36.8 Å². The zero-order valence-electron chi connectivity index (χ0n) is 41.0. The van der Waals surface area contributed by atoms with E-state index in [-0.39, 0.29) is 56.7 Å². The van der Waals surface area contributed by atoms with Crippen molar-refractivity contribution in [1.29, 1.82) is 0 Å². The highest BCUT2D eigenvalue weighted by Crippen LogP contribution is 2.18. The molecular formula is C53H97NO8. The number of rotatable bonds is 47. The highest BCUT2D eigenvalue weighted by atomic mass is 16.7. The monoisotopic (exact) mass is 876 g/mol. The lowest BCUT2D eigenvalue weighted by Crippen LogP contribution is -2.26. The Hall–Kier alpha value is -2.81. The molecule has 0 aromatic heterocycles.